The van der Waals surface area contributed by atoms with E-state index in [9.17, 15) is 0 Å². The molecule has 0 saturated heterocycles. The molecule has 4 aromatic heterocycles. The highest BCUT2D eigenvalue weighted by molar-refractivity contribution is 7.09. The summed E-state index contributed by atoms with van der Waals surface area (Å²) in [5.41, 5.74) is 4.41. The fourth-order valence-corrected chi connectivity index (χ4v) is 3.83. The van der Waals surface area contributed by atoms with Crippen LogP contribution in [0.15, 0.2) is 64.9 Å². The molecule has 5 rings (SSSR count). The minimum absolute atomic E-state index is 0.690. The van der Waals surface area contributed by atoms with Crippen LogP contribution >= 0.6 is 11.3 Å². The number of anilines is 1. The zero-order valence-corrected chi connectivity index (χ0v) is 15.1. The van der Waals surface area contributed by atoms with Crippen LogP contribution in [-0.4, -0.2) is 26.5 Å². The second-order valence-electron chi connectivity index (χ2n) is 6.04. The molecule has 27 heavy (non-hydrogen) atoms. The molecule has 0 bridgehead atoms. The molecule has 0 spiro atoms. The van der Waals surface area contributed by atoms with Crippen molar-refractivity contribution in [2.45, 2.75) is 6.42 Å². The van der Waals surface area contributed by atoms with Crippen molar-refractivity contribution in [2.24, 2.45) is 0 Å². The molecule has 4 heterocycles. The molecule has 0 aliphatic carbocycles. The van der Waals surface area contributed by atoms with E-state index in [1.54, 1.807) is 30.1 Å². The predicted molar refractivity (Wildman–Crippen MR) is 107 cm³/mol. The SMILES string of the molecule is c1ccc2c(c1)oc1c(NCCc3nc(-c4ccncc4)cs3)ncnc12. The van der Waals surface area contributed by atoms with E-state index < -0.39 is 0 Å². The number of hydrogen-bond donors (Lipinski definition) is 1. The van der Waals surface area contributed by atoms with Gasteiger partial charge in [0.15, 0.2) is 11.4 Å². The van der Waals surface area contributed by atoms with Gasteiger partial charge in [-0.15, -0.1) is 11.3 Å². The number of rotatable bonds is 5. The molecule has 0 aliphatic rings. The summed E-state index contributed by atoms with van der Waals surface area (Å²) in [7, 11) is 0. The molecule has 0 fully saturated rings. The van der Waals surface area contributed by atoms with Crippen molar-refractivity contribution in [3.8, 4) is 11.3 Å². The van der Waals surface area contributed by atoms with Gasteiger partial charge in [-0.05, 0) is 24.3 Å². The van der Waals surface area contributed by atoms with Crippen LogP contribution in [0.3, 0.4) is 0 Å². The number of nitrogens with zero attached hydrogens (tertiary/aromatic N) is 4. The maximum atomic E-state index is 5.94. The smallest absolute Gasteiger partial charge is 0.196 e. The molecule has 6 nitrogen and oxygen atoms in total. The van der Waals surface area contributed by atoms with Crippen LogP contribution in [0.25, 0.3) is 33.3 Å². The van der Waals surface area contributed by atoms with Gasteiger partial charge in [0.1, 0.15) is 17.4 Å². The third kappa shape index (κ3) is 3.02. The topological polar surface area (TPSA) is 76.7 Å². The Morgan fingerprint density at radius 1 is 1.04 bits per heavy atom. The van der Waals surface area contributed by atoms with Crippen molar-refractivity contribution in [1.82, 2.24) is 19.9 Å². The highest BCUT2D eigenvalue weighted by Gasteiger charge is 2.12. The summed E-state index contributed by atoms with van der Waals surface area (Å²) in [6.07, 6.45) is 5.94. The zero-order valence-electron chi connectivity index (χ0n) is 14.3. The van der Waals surface area contributed by atoms with Crippen molar-refractivity contribution < 1.29 is 4.42 Å². The van der Waals surface area contributed by atoms with Crippen LogP contribution in [0.2, 0.25) is 0 Å². The van der Waals surface area contributed by atoms with Crippen LogP contribution in [-0.2, 0) is 6.42 Å². The largest absolute Gasteiger partial charge is 0.450 e. The van der Waals surface area contributed by atoms with Crippen molar-refractivity contribution in [3.63, 3.8) is 0 Å². The van der Waals surface area contributed by atoms with Gasteiger partial charge in [0.2, 0.25) is 0 Å². The van der Waals surface area contributed by atoms with E-state index in [2.05, 4.69) is 25.6 Å². The van der Waals surface area contributed by atoms with Gasteiger partial charge in [-0.3, -0.25) is 4.98 Å². The summed E-state index contributed by atoms with van der Waals surface area (Å²) in [6.45, 7) is 0.715. The third-order valence-electron chi connectivity index (χ3n) is 4.32. The molecule has 7 heteroatoms. The number of thiazole rings is 1. The maximum Gasteiger partial charge on any atom is 0.196 e. The number of para-hydroxylation sites is 1. The van der Waals surface area contributed by atoms with E-state index >= 15 is 0 Å². The molecular weight excluding hydrogens is 358 g/mol. The lowest BCUT2D eigenvalue weighted by Gasteiger charge is -2.03. The van der Waals surface area contributed by atoms with Gasteiger partial charge in [-0.1, -0.05) is 12.1 Å². The van der Waals surface area contributed by atoms with Crippen LogP contribution in [0.4, 0.5) is 5.82 Å². The lowest BCUT2D eigenvalue weighted by atomic mass is 10.2. The van der Waals surface area contributed by atoms with E-state index in [0.717, 1.165) is 39.2 Å². The minimum atomic E-state index is 0.690. The molecule has 0 saturated carbocycles. The van der Waals surface area contributed by atoms with E-state index in [4.69, 9.17) is 9.40 Å². The number of fused-ring (bicyclic) bond motifs is 3. The lowest BCUT2D eigenvalue weighted by Crippen LogP contribution is -2.06. The number of nitrogens with one attached hydrogen (secondary N) is 1. The van der Waals surface area contributed by atoms with Crippen LogP contribution in [0.1, 0.15) is 5.01 Å². The summed E-state index contributed by atoms with van der Waals surface area (Å²) in [5, 5.41) is 7.51. The first-order chi connectivity index (χ1) is 13.4. The van der Waals surface area contributed by atoms with Crippen LogP contribution < -0.4 is 5.32 Å². The van der Waals surface area contributed by atoms with E-state index in [1.165, 1.54) is 0 Å². The van der Waals surface area contributed by atoms with Gasteiger partial charge >= 0.3 is 0 Å². The zero-order chi connectivity index (χ0) is 18.1. The Morgan fingerprint density at radius 3 is 2.85 bits per heavy atom. The molecule has 5 aromatic rings. The minimum Gasteiger partial charge on any atom is -0.450 e. The molecular formula is C20H15N5OS. The first kappa shape index (κ1) is 15.9. The molecule has 0 aliphatic heterocycles. The second-order valence-corrected chi connectivity index (χ2v) is 6.98. The van der Waals surface area contributed by atoms with E-state index in [-0.39, 0.29) is 0 Å². The Hall–Kier alpha value is -3.32. The average Bonchev–Trinajstić information content (AvgIpc) is 3.34. The fourth-order valence-electron chi connectivity index (χ4n) is 3.02. The molecule has 132 valence electrons. The van der Waals surface area contributed by atoms with E-state index in [1.807, 2.05) is 36.4 Å². The monoisotopic (exact) mass is 373 g/mol. The molecule has 1 aromatic carbocycles. The maximum absolute atomic E-state index is 5.94. The number of pyridine rings is 1. The van der Waals surface area contributed by atoms with Gasteiger partial charge in [0.25, 0.3) is 0 Å². The Bertz CT molecular complexity index is 1210. The van der Waals surface area contributed by atoms with Gasteiger partial charge in [0.05, 0.1) is 10.7 Å². The Labute approximate surface area is 159 Å². The number of benzene rings is 1. The van der Waals surface area contributed by atoms with Crippen LogP contribution in [0, 0.1) is 0 Å². The highest BCUT2D eigenvalue weighted by Crippen LogP contribution is 2.30. The normalized spacial score (nSPS) is 11.3. The lowest BCUT2D eigenvalue weighted by molar-refractivity contribution is 0.666. The molecule has 1 N–H and O–H groups in total. The standard InChI is InChI=1S/C20H15N5OS/c1-2-4-16-14(3-1)18-19(26-16)20(24-12-23-18)22-10-7-17-25-15(11-27-17)13-5-8-21-9-6-13/h1-6,8-9,11-12H,7,10H2,(H,22,23,24). The van der Waals surface area contributed by atoms with Crippen LogP contribution in [0.5, 0.6) is 0 Å². The summed E-state index contributed by atoms with van der Waals surface area (Å²) in [4.78, 5) is 17.5. The van der Waals surface area contributed by atoms with Gasteiger partial charge in [-0.2, -0.15) is 0 Å². The van der Waals surface area contributed by atoms with Crippen molar-refractivity contribution >= 4 is 39.2 Å². The average molecular weight is 373 g/mol. The van der Waals surface area contributed by atoms with E-state index in [0.29, 0.717) is 17.9 Å². The quantitative estimate of drug-likeness (QED) is 0.487. The number of aromatic nitrogens is 4. The Kier molecular flexibility index (Phi) is 3.99. The van der Waals surface area contributed by atoms with Crippen molar-refractivity contribution in [1.29, 1.82) is 0 Å². The highest BCUT2D eigenvalue weighted by atomic mass is 32.1. The van der Waals surface area contributed by atoms with Crippen molar-refractivity contribution in [3.05, 3.63) is 65.5 Å². The van der Waals surface area contributed by atoms with Crippen molar-refractivity contribution in [2.75, 3.05) is 11.9 Å². The first-order valence-electron chi connectivity index (χ1n) is 8.59. The predicted octanol–water partition coefficient (Wildman–Crippen LogP) is 4.55. The second kappa shape index (κ2) is 6.77. The molecule has 0 unspecified atom stereocenters. The number of furan rings is 1. The fraction of sp³-hybridized carbons (Fsp3) is 0.100. The number of hydrogen-bond acceptors (Lipinski definition) is 7. The summed E-state index contributed by atoms with van der Waals surface area (Å²) < 4.78 is 5.94. The summed E-state index contributed by atoms with van der Waals surface area (Å²) in [5.74, 6) is 0.710. The summed E-state index contributed by atoms with van der Waals surface area (Å²) >= 11 is 1.66. The first-order valence-corrected chi connectivity index (χ1v) is 9.47. The summed E-state index contributed by atoms with van der Waals surface area (Å²) in [6, 6.07) is 11.8. The molecule has 0 atom stereocenters. The molecule has 0 radical (unpaired) electrons. The van der Waals surface area contributed by atoms with Gasteiger partial charge in [-0.25, -0.2) is 15.0 Å². The third-order valence-corrected chi connectivity index (χ3v) is 5.23. The van der Waals surface area contributed by atoms with Gasteiger partial charge in [0, 0.05) is 41.7 Å². The molecule has 0 amide bonds. The Morgan fingerprint density at radius 2 is 1.93 bits per heavy atom. The van der Waals surface area contributed by atoms with Gasteiger partial charge < -0.3 is 9.73 Å². The Balaban J connectivity index is 1.33.